The smallest absolute Gasteiger partial charge is 0.227 e. The lowest BCUT2D eigenvalue weighted by Gasteiger charge is -2.38. The average molecular weight is 344 g/mol. The van der Waals surface area contributed by atoms with Crippen LogP contribution in [-0.2, 0) is 16.6 Å². The van der Waals surface area contributed by atoms with E-state index in [0.717, 1.165) is 42.8 Å². The van der Waals surface area contributed by atoms with E-state index in [1.54, 1.807) is 18.4 Å². The Balaban J connectivity index is 1.65. The van der Waals surface area contributed by atoms with Crippen molar-refractivity contribution in [2.75, 3.05) is 20.2 Å². The molecule has 0 N–H and O–H groups in total. The zero-order valence-electron chi connectivity index (χ0n) is 14.5. The van der Waals surface area contributed by atoms with Crippen LogP contribution in [0.15, 0.2) is 29.8 Å². The van der Waals surface area contributed by atoms with Gasteiger partial charge in [0.2, 0.25) is 5.91 Å². The molecule has 0 atom stereocenters. The Labute approximate surface area is 147 Å². The van der Waals surface area contributed by atoms with E-state index in [2.05, 4.69) is 11.9 Å². The number of hydrogen-bond acceptors (Lipinski definition) is 4. The molecule has 5 heteroatoms. The molecule has 1 amide bonds. The first kappa shape index (κ1) is 17.0. The fourth-order valence-corrected chi connectivity index (χ4v) is 4.17. The van der Waals surface area contributed by atoms with Crippen molar-refractivity contribution >= 4 is 17.2 Å². The molecule has 2 aromatic rings. The number of aryl methyl sites for hydroxylation is 1. The molecule has 24 heavy (non-hydrogen) atoms. The minimum absolute atomic E-state index is 0.103. The molecule has 1 saturated heterocycles. The van der Waals surface area contributed by atoms with Crippen LogP contribution in [-0.4, -0.2) is 36.0 Å². The lowest BCUT2D eigenvalue weighted by Crippen LogP contribution is -2.44. The van der Waals surface area contributed by atoms with Gasteiger partial charge in [-0.25, -0.2) is 4.98 Å². The summed E-state index contributed by atoms with van der Waals surface area (Å²) in [5.41, 5.74) is 2.22. The number of methoxy groups -OCH3 is 1. The number of ether oxygens (including phenoxy) is 1. The number of aromatic nitrogens is 1. The topological polar surface area (TPSA) is 42.4 Å². The maximum absolute atomic E-state index is 12.7. The van der Waals surface area contributed by atoms with E-state index in [1.807, 2.05) is 41.6 Å². The van der Waals surface area contributed by atoms with Gasteiger partial charge in [-0.1, -0.05) is 24.6 Å². The summed E-state index contributed by atoms with van der Waals surface area (Å²) in [6.45, 7) is 5.89. The Bertz CT molecular complexity index is 704. The van der Waals surface area contributed by atoms with Gasteiger partial charge in [-0.05, 0) is 25.8 Å². The fourth-order valence-electron chi connectivity index (χ4n) is 3.31. The SMILES string of the molecule is COc1ccc(C)cc1CC(=O)N1CCC(C)(c2nccs2)CC1. The van der Waals surface area contributed by atoms with Crippen LogP contribution in [0.2, 0.25) is 0 Å². The molecular formula is C19H24N2O2S. The highest BCUT2D eigenvalue weighted by atomic mass is 32.1. The van der Waals surface area contributed by atoms with Gasteiger partial charge in [0.05, 0.1) is 18.5 Å². The lowest BCUT2D eigenvalue weighted by atomic mass is 9.81. The minimum atomic E-state index is 0.103. The molecule has 0 unspecified atom stereocenters. The molecule has 1 aliphatic heterocycles. The molecular weight excluding hydrogens is 320 g/mol. The first-order valence-corrected chi connectivity index (χ1v) is 9.21. The van der Waals surface area contributed by atoms with Crippen LogP contribution in [0.25, 0.3) is 0 Å². The molecule has 3 rings (SSSR count). The normalized spacial score (nSPS) is 16.9. The van der Waals surface area contributed by atoms with Gasteiger partial charge in [-0.3, -0.25) is 4.79 Å². The second-order valence-corrected chi connectivity index (χ2v) is 7.67. The van der Waals surface area contributed by atoms with Crippen molar-refractivity contribution in [3.8, 4) is 5.75 Å². The number of hydrogen-bond donors (Lipinski definition) is 0. The van der Waals surface area contributed by atoms with Gasteiger partial charge >= 0.3 is 0 Å². The number of likely N-dealkylation sites (tertiary alicyclic amines) is 1. The summed E-state index contributed by atoms with van der Waals surface area (Å²) in [6.07, 6.45) is 4.21. The molecule has 0 bridgehead atoms. The third kappa shape index (κ3) is 3.46. The van der Waals surface area contributed by atoms with Gasteiger partial charge in [-0.2, -0.15) is 0 Å². The van der Waals surface area contributed by atoms with Crippen molar-refractivity contribution in [1.82, 2.24) is 9.88 Å². The molecule has 4 nitrogen and oxygen atoms in total. The number of thiazole rings is 1. The van der Waals surface area contributed by atoms with Crippen molar-refractivity contribution < 1.29 is 9.53 Å². The number of nitrogens with zero attached hydrogens (tertiary/aromatic N) is 2. The predicted molar refractivity (Wildman–Crippen MR) is 96.7 cm³/mol. The first-order valence-electron chi connectivity index (χ1n) is 8.33. The highest BCUT2D eigenvalue weighted by Crippen LogP contribution is 2.36. The number of carbonyl (C=O) groups is 1. The van der Waals surface area contributed by atoms with Crippen molar-refractivity contribution in [3.63, 3.8) is 0 Å². The molecule has 2 heterocycles. The summed E-state index contributed by atoms with van der Waals surface area (Å²) >= 11 is 1.72. The van der Waals surface area contributed by atoms with E-state index in [-0.39, 0.29) is 11.3 Å². The molecule has 0 spiro atoms. The Morgan fingerprint density at radius 2 is 2.12 bits per heavy atom. The largest absolute Gasteiger partial charge is 0.496 e. The maximum atomic E-state index is 12.7. The van der Waals surface area contributed by atoms with Crippen molar-refractivity contribution in [1.29, 1.82) is 0 Å². The molecule has 128 valence electrons. The number of benzene rings is 1. The van der Waals surface area contributed by atoms with Gasteiger partial charge in [0.25, 0.3) is 0 Å². The summed E-state index contributed by atoms with van der Waals surface area (Å²) in [4.78, 5) is 19.2. The molecule has 0 radical (unpaired) electrons. The summed E-state index contributed by atoms with van der Waals surface area (Å²) in [5, 5.41) is 3.22. The molecule has 1 aromatic heterocycles. The van der Waals surface area contributed by atoms with E-state index in [4.69, 9.17) is 4.74 Å². The monoisotopic (exact) mass is 344 g/mol. The van der Waals surface area contributed by atoms with Crippen LogP contribution in [0.5, 0.6) is 5.75 Å². The lowest BCUT2D eigenvalue weighted by molar-refractivity contribution is -0.132. The Kier molecular flexibility index (Phi) is 4.90. The van der Waals surface area contributed by atoms with Crippen molar-refractivity contribution in [2.45, 2.75) is 38.5 Å². The second-order valence-electron chi connectivity index (χ2n) is 6.77. The zero-order chi connectivity index (χ0) is 17.2. The Hall–Kier alpha value is -1.88. The van der Waals surface area contributed by atoms with Gasteiger partial charge in [0, 0.05) is 35.6 Å². The Morgan fingerprint density at radius 3 is 2.75 bits per heavy atom. The van der Waals surface area contributed by atoms with Gasteiger partial charge < -0.3 is 9.64 Å². The number of rotatable bonds is 4. The first-order chi connectivity index (χ1) is 11.5. The van der Waals surface area contributed by atoms with E-state index in [0.29, 0.717) is 6.42 Å². The van der Waals surface area contributed by atoms with E-state index in [1.165, 1.54) is 5.01 Å². The third-order valence-corrected chi connectivity index (χ3v) is 6.03. The van der Waals surface area contributed by atoms with Gasteiger partial charge in [-0.15, -0.1) is 11.3 Å². The van der Waals surface area contributed by atoms with E-state index < -0.39 is 0 Å². The van der Waals surface area contributed by atoms with Gasteiger partial charge in [0.1, 0.15) is 5.75 Å². The molecule has 1 fully saturated rings. The number of carbonyl (C=O) groups excluding carboxylic acids is 1. The van der Waals surface area contributed by atoms with Crippen LogP contribution in [0, 0.1) is 6.92 Å². The van der Waals surface area contributed by atoms with Gasteiger partial charge in [0.15, 0.2) is 0 Å². The van der Waals surface area contributed by atoms with Crippen LogP contribution in [0.3, 0.4) is 0 Å². The third-order valence-electron chi connectivity index (χ3n) is 4.95. The van der Waals surface area contributed by atoms with E-state index >= 15 is 0 Å². The maximum Gasteiger partial charge on any atom is 0.227 e. The quantitative estimate of drug-likeness (QED) is 0.851. The minimum Gasteiger partial charge on any atom is -0.496 e. The van der Waals surface area contributed by atoms with E-state index in [9.17, 15) is 4.79 Å². The molecule has 0 aliphatic carbocycles. The van der Waals surface area contributed by atoms with Crippen molar-refractivity contribution in [3.05, 3.63) is 45.9 Å². The summed E-state index contributed by atoms with van der Waals surface area (Å²) in [5.74, 6) is 0.971. The molecule has 1 aromatic carbocycles. The Morgan fingerprint density at radius 1 is 1.38 bits per heavy atom. The summed E-state index contributed by atoms with van der Waals surface area (Å²) in [7, 11) is 1.65. The predicted octanol–water partition coefficient (Wildman–Crippen LogP) is 3.58. The van der Waals surface area contributed by atoms with Crippen LogP contribution in [0.1, 0.15) is 35.9 Å². The highest BCUT2D eigenvalue weighted by Gasteiger charge is 2.35. The highest BCUT2D eigenvalue weighted by molar-refractivity contribution is 7.09. The number of piperidine rings is 1. The van der Waals surface area contributed by atoms with Crippen LogP contribution in [0.4, 0.5) is 0 Å². The molecule has 1 aliphatic rings. The zero-order valence-corrected chi connectivity index (χ0v) is 15.4. The van der Waals surface area contributed by atoms with Crippen LogP contribution < -0.4 is 4.74 Å². The average Bonchev–Trinajstić information content (AvgIpc) is 3.11. The van der Waals surface area contributed by atoms with Crippen LogP contribution >= 0.6 is 11.3 Å². The molecule has 0 saturated carbocycles. The summed E-state index contributed by atoms with van der Waals surface area (Å²) < 4.78 is 5.39. The number of amides is 1. The fraction of sp³-hybridized carbons (Fsp3) is 0.474. The standard InChI is InChI=1S/C19H24N2O2S/c1-14-4-5-16(23-3)15(12-14)13-17(22)21-9-6-19(2,7-10-21)18-20-8-11-24-18/h4-5,8,11-12H,6-7,9-10,13H2,1-3H3. The summed E-state index contributed by atoms with van der Waals surface area (Å²) in [6, 6.07) is 5.99. The van der Waals surface area contributed by atoms with Crippen molar-refractivity contribution in [2.24, 2.45) is 0 Å². The second kappa shape index (κ2) is 6.93.